The van der Waals surface area contributed by atoms with Crippen LogP contribution in [0.3, 0.4) is 0 Å². The van der Waals surface area contributed by atoms with Gasteiger partial charge >= 0.3 is 0 Å². The number of amides is 1. The Hall–Kier alpha value is -2.13. The molecule has 1 aliphatic rings. The lowest BCUT2D eigenvalue weighted by Gasteiger charge is -2.32. The summed E-state index contributed by atoms with van der Waals surface area (Å²) < 4.78 is 9.76. The average Bonchev–Trinajstić information content (AvgIpc) is 3.11. The Morgan fingerprint density at radius 1 is 1.42 bits per heavy atom. The average molecular weight is 348 g/mol. The van der Waals surface area contributed by atoms with E-state index in [2.05, 4.69) is 24.9 Å². The number of carbonyl (C=O) groups is 1. The monoisotopic (exact) mass is 348 g/mol. The number of aromatic nitrogens is 4. The molecule has 8 nitrogen and oxygen atoms in total. The molecule has 0 unspecified atom stereocenters. The van der Waals surface area contributed by atoms with E-state index in [-0.39, 0.29) is 17.9 Å². The van der Waals surface area contributed by atoms with E-state index in [1.54, 1.807) is 24.3 Å². The van der Waals surface area contributed by atoms with Crippen molar-refractivity contribution in [1.82, 2.24) is 24.5 Å². The minimum Gasteiger partial charge on any atom is -0.372 e. The van der Waals surface area contributed by atoms with Crippen LogP contribution in [-0.4, -0.2) is 57.1 Å². The summed E-state index contributed by atoms with van der Waals surface area (Å²) in [7, 11) is 1.79. The molecule has 1 aliphatic heterocycles. The first-order chi connectivity index (χ1) is 11.6. The van der Waals surface area contributed by atoms with Crippen molar-refractivity contribution < 1.29 is 9.53 Å². The van der Waals surface area contributed by atoms with Gasteiger partial charge in [-0.25, -0.2) is 4.98 Å². The van der Waals surface area contributed by atoms with Gasteiger partial charge in [0.05, 0.1) is 18.8 Å². The Labute approximate surface area is 144 Å². The molecule has 1 N–H and O–H groups in total. The number of nitrogens with zero attached hydrogens (tertiary/aromatic N) is 5. The van der Waals surface area contributed by atoms with Gasteiger partial charge in [0.2, 0.25) is 0 Å². The largest absolute Gasteiger partial charge is 0.372 e. The topological polar surface area (TPSA) is 93.1 Å². The molecule has 2 aromatic rings. The summed E-state index contributed by atoms with van der Waals surface area (Å²) in [6.07, 6.45) is 2.95. The normalized spacial score (nSPS) is 18.0. The van der Waals surface area contributed by atoms with Crippen LogP contribution in [0.5, 0.6) is 0 Å². The zero-order valence-corrected chi connectivity index (χ0v) is 14.7. The van der Waals surface area contributed by atoms with E-state index in [0.717, 1.165) is 17.2 Å². The zero-order chi connectivity index (χ0) is 17.1. The minimum atomic E-state index is -0.303. The van der Waals surface area contributed by atoms with Crippen LogP contribution in [-0.2, 0) is 4.74 Å². The Bertz CT molecular complexity index is 719. The van der Waals surface area contributed by atoms with E-state index in [1.807, 2.05) is 13.8 Å². The van der Waals surface area contributed by atoms with E-state index >= 15 is 0 Å². The van der Waals surface area contributed by atoms with E-state index in [1.165, 1.54) is 0 Å². The first-order valence-electron chi connectivity index (χ1n) is 7.83. The fourth-order valence-electron chi connectivity index (χ4n) is 2.64. The van der Waals surface area contributed by atoms with Gasteiger partial charge in [-0.05, 0) is 17.5 Å². The lowest BCUT2D eigenvalue weighted by molar-refractivity contribution is -0.0244. The quantitative estimate of drug-likeness (QED) is 0.899. The summed E-state index contributed by atoms with van der Waals surface area (Å²) in [5.74, 6) is 0.784. The summed E-state index contributed by atoms with van der Waals surface area (Å²) in [6, 6.07) is 0. The van der Waals surface area contributed by atoms with Crippen molar-refractivity contribution in [3.8, 4) is 0 Å². The van der Waals surface area contributed by atoms with Gasteiger partial charge < -0.3 is 15.0 Å². The molecule has 9 heteroatoms. The number of ether oxygens (including phenoxy) is 1. The second-order valence-corrected chi connectivity index (χ2v) is 6.55. The maximum atomic E-state index is 12.9. The van der Waals surface area contributed by atoms with E-state index in [4.69, 9.17) is 4.74 Å². The fraction of sp³-hybridized carbons (Fsp3) is 0.533. The molecular weight excluding hydrogens is 328 g/mol. The molecule has 0 bridgehead atoms. The Balaban J connectivity index is 1.80. The van der Waals surface area contributed by atoms with Crippen LogP contribution in [0.25, 0.3) is 0 Å². The van der Waals surface area contributed by atoms with Crippen LogP contribution in [0.1, 0.15) is 46.9 Å². The van der Waals surface area contributed by atoms with E-state index in [9.17, 15) is 4.79 Å². The Morgan fingerprint density at radius 2 is 2.21 bits per heavy atom. The van der Waals surface area contributed by atoms with Gasteiger partial charge in [0.1, 0.15) is 22.5 Å². The number of morpholine rings is 1. The summed E-state index contributed by atoms with van der Waals surface area (Å²) in [4.78, 5) is 23.9. The molecule has 128 valence electrons. The summed E-state index contributed by atoms with van der Waals surface area (Å²) >= 11 is 1.15. The van der Waals surface area contributed by atoms with Gasteiger partial charge in [0.25, 0.3) is 5.91 Å². The van der Waals surface area contributed by atoms with Crippen molar-refractivity contribution in [2.45, 2.75) is 25.9 Å². The van der Waals surface area contributed by atoms with E-state index in [0.29, 0.717) is 36.1 Å². The second kappa shape index (κ2) is 7.18. The molecule has 1 saturated heterocycles. The minimum absolute atomic E-state index is 0.0445. The highest BCUT2D eigenvalue weighted by Gasteiger charge is 2.31. The molecule has 0 aromatic carbocycles. The number of anilines is 1. The molecule has 1 fully saturated rings. The van der Waals surface area contributed by atoms with Gasteiger partial charge in [-0.15, -0.1) is 5.10 Å². The lowest BCUT2D eigenvalue weighted by atomic mass is 10.1. The summed E-state index contributed by atoms with van der Waals surface area (Å²) in [6.45, 7) is 5.45. The molecule has 3 rings (SSSR count). The van der Waals surface area contributed by atoms with Crippen LogP contribution in [0.15, 0.2) is 12.4 Å². The number of rotatable bonds is 4. The molecule has 1 amide bonds. The number of carbonyl (C=O) groups excluding carboxylic acids is 1. The molecule has 0 aliphatic carbocycles. The lowest BCUT2D eigenvalue weighted by Crippen LogP contribution is -2.42. The van der Waals surface area contributed by atoms with Crippen molar-refractivity contribution in [2.24, 2.45) is 0 Å². The zero-order valence-electron chi connectivity index (χ0n) is 13.9. The smallest absolute Gasteiger partial charge is 0.267 e. The van der Waals surface area contributed by atoms with Gasteiger partial charge in [-0.1, -0.05) is 18.3 Å². The third kappa shape index (κ3) is 3.22. The third-order valence-corrected chi connectivity index (χ3v) is 4.61. The van der Waals surface area contributed by atoms with Crippen molar-refractivity contribution in [3.05, 3.63) is 28.7 Å². The number of hydrogen-bond donors (Lipinski definition) is 1. The molecule has 0 radical (unpaired) electrons. The second-order valence-electron chi connectivity index (χ2n) is 5.79. The van der Waals surface area contributed by atoms with Crippen LogP contribution in [0, 0.1) is 0 Å². The van der Waals surface area contributed by atoms with Gasteiger partial charge in [0, 0.05) is 26.0 Å². The highest BCUT2D eigenvalue weighted by Crippen LogP contribution is 2.27. The molecule has 2 aromatic heterocycles. The highest BCUT2D eigenvalue weighted by molar-refractivity contribution is 7.08. The predicted octanol–water partition coefficient (Wildman–Crippen LogP) is 1.71. The first-order valence-corrected chi connectivity index (χ1v) is 8.61. The molecule has 0 spiro atoms. The SMILES string of the molecule is CNc1nccnc1[C@H]1CN(C(=O)c2snnc2C(C)C)CCO1. The Kier molecular flexibility index (Phi) is 5.00. The van der Waals surface area contributed by atoms with Gasteiger partial charge in [-0.3, -0.25) is 9.78 Å². The molecule has 0 saturated carbocycles. The molecule has 24 heavy (non-hydrogen) atoms. The molecule has 3 heterocycles. The Morgan fingerprint density at radius 3 is 2.96 bits per heavy atom. The van der Waals surface area contributed by atoms with Gasteiger partial charge in [-0.2, -0.15) is 0 Å². The van der Waals surface area contributed by atoms with Crippen molar-refractivity contribution in [3.63, 3.8) is 0 Å². The summed E-state index contributed by atoms with van der Waals surface area (Å²) in [5.41, 5.74) is 1.47. The number of nitrogens with one attached hydrogen (secondary N) is 1. The number of hydrogen-bond acceptors (Lipinski definition) is 8. The van der Waals surface area contributed by atoms with Crippen molar-refractivity contribution in [2.75, 3.05) is 32.1 Å². The summed E-state index contributed by atoms with van der Waals surface area (Å²) in [5, 5.41) is 7.11. The van der Waals surface area contributed by atoms with Crippen LogP contribution in [0.4, 0.5) is 5.82 Å². The standard InChI is InChI=1S/C15H20N6O2S/c1-9(2)11-13(24-20-19-11)15(22)21-6-7-23-10(8-21)12-14(16-3)18-5-4-17-12/h4-5,9-10H,6-8H2,1-3H3,(H,16,18)/t10-/m1/s1. The first kappa shape index (κ1) is 16.7. The molecular formula is C15H20N6O2S. The van der Waals surface area contributed by atoms with E-state index < -0.39 is 0 Å². The van der Waals surface area contributed by atoms with Crippen molar-refractivity contribution in [1.29, 1.82) is 0 Å². The van der Waals surface area contributed by atoms with Crippen LogP contribution < -0.4 is 5.32 Å². The fourth-order valence-corrected chi connectivity index (χ4v) is 3.43. The van der Waals surface area contributed by atoms with Crippen LogP contribution >= 0.6 is 11.5 Å². The predicted molar refractivity (Wildman–Crippen MR) is 90.2 cm³/mol. The maximum Gasteiger partial charge on any atom is 0.267 e. The van der Waals surface area contributed by atoms with Crippen LogP contribution in [0.2, 0.25) is 0 Å². The molecule has 1 atom stereocenters. The highest BCUT2D eigenvalue weighted by atomic mass is 32.1. The third-order valence-electron chi connectivity index (χ3n) is 3.88. The van der Waals surface area contributed by atoms with Gasteiger partial charge in [0.15, 0.2) is 0 Å². The maximum absolute atomic E-state index is 12.9. The van der Waals surface area contributed by atoms with Crippen molar-refractivity contribution >= 4 is 23.3 Å².